The molecule has 0 spiro atoms. The fourth-order valence-corrected chi connectivity index (χ4v) is 2.32. The van der Waals surface area contributed by atoms with Crippen molar-refractivity contribution in [3.63, 3.8) is 0 Å². The van der Waals surface area contributed by atoms with Crippen molar-refractivity contribution < 1.29 is 9.18 Å². The summed E-state index contributed by atoms with van der Waals surface area (Å²) in [5.41, 5.74) is 0.436. The van der Waals surface area contributed by atoms with Crippen molar-refractivity contribution in [1.82, 2.24) is 0 Å². The zero-order chi connectivity index (χ0) is 12.4. The maximum atomic E-state index is 12.9. The first-order valence-electron chi connectivity index (χ1n) is 4.58. The van der Waals surface area contributed by atoms with Gasteiger partial charge in [-0.15, -0.1) is 11.3 Å². The molecule has 0 aliphatic rings. The van der Waals surface area contributed by atoms with E-state index in [1.165, 1.54) is 29.5 Å². The highest BCUT2D eigenvalue weighted by Crippen LogP contribution is 2.24. The third kappa shape index (κ3) is 2.97. The molecule has 1 aromatic heterocycles. The van der Waals surface area contributed by atoms with Gasteiger partial charge in [0.2, 0.25) is 0 Å². The average molecular weight is 290 g/mol. The van der Waals surface area contributed by atoms with Crippen LogP contribution in [0.25, 0.3) is 0 Å². The SMILES string of the molecule is O=C(Nc1ccc(F)c(Cl)c1)c1ccc(Cl)s1. The van der Waals surface area contributed by atoms with E-state index < -0.39 is 5.82 Å². The number of amides is 1. The van der Waals surface area contributed by atoms with Gasteiger partial charge in [-0.3, -0.25) is 4.79 Å². The summed E-state index contributed by atoms with van der Waals surface area (Å²) < 4.78 is 13.4. The maximum Gasteiger partial charge on any atom is 0.265 e. The van der Waals surface area contributed by atoms with Gasteiger partial charge < -0.3 is 5.32 Å². The Labute approximate surface area is 111 Å². The Hall–Kier alpha value is -1.10. The van der Waals surface area contributed by atoms with Crippen LogP contribution in [0.1, 0.15) is 9.67 Å². The summed E-state index contributed by atoms with van der Waals surface area (Å²) in [5, 5.41) is 2.57. The molecule has 2 nitrogen and oxygen atoms in total. The van der Waals surface area contributed by atoms with E-state index in [0.29, 0.717) is 14.9 Å². The van der Waals surface area contributed by atoms with Crippen LogP contribution in [0.15, 0.2) is 30.3 Å². The predicted molar refractivity (Wildman–Crippen MR) is 68.7 cm³/mol. The Kier molecular flexibility index (Phi) is 3.66. The number of halogens is 3. The van der Waals surface area contributed by atoms with Crippen LogP contribution in [0.2, 0.25) is 9.36 Å². The molecular weight excluding hydrogens is 284 g/mol. The summed E-state index contributed by atoms with van der Waals surface area (Å²) in [7, 11) is 0. The number of carbonyl (C=O) groups excluding carboxylic acids is 1. The molecule has 0 atom stereocenters. The van der Waals surface area contributed by atoms with Crippen LogP contribution in [0.5, 0.6) is 0 Å². The molecule has 0 unspecified atom stereocenters. The third-order valence-corrected chi connectivity index (χ3v) is 3.49. The highest BCUT2D eigenvalue weighted by atomic mass is 35.5. The van der Waals surface area contributed by atoms with Gasteiger partial charge in [0.05, 0.1) is 14.2 Å². The molecule has 1 aromatic carbocycles. The second kappa shape index (κ2) is 5.04. The molecule has 1 amide bonds. The Morgan fingerprint density at radius 2 is 2.00 bits per heavy atom. The normalized spacial score (nSPS) is 10.3. The molecule has 0 aliphatic heterocycles. The molecular formula is C11H6Cl2FNOS. The first-order valence-corrected chi connectivity index (χ1v) is 6.15. The van der Waals surface area contributed by atoms with Gasteiger partial charge in [-0.1, -0.05) is 23.2 Å². The van der Waals surface area contributed by atoms with Gasteiger partial charge in [-0.25, -0.2) is 4.39 Å². The summed E-state index contributed by atoms with van der Waals surface area (Å²) in [5.74, 6) is -0.826. The first-order chi connectivity index (χ1) is 8.06. The monoisotopic (exact) mass is 289 g/mol. The lowest BCUT2D eigenvalue weighted by molar-refractivity contribution is 0.103. The smallest absolute Gasteiger partial charge is 0.265 e. The molecule has 2 rings (SSSR count). The summed E-state index contributed by atoms with van der Waals surface area (Å²) in [4.78, 5) is 12.2. The average Bonchev–Trinajstić information content (AvgIpc) is 2.70. The van der Waals surface area contributed by atoms with Crippen molar-refractivity contribution in [2.24, 2.45) is 0 Å². The van der Waals surface area contributed by atoms with Crippen molar-refractivity contribution in [1.29, 1.82) is 0 Å². The second-order valence-corrected chi connectivity index (χ2v) is 5.31. The summed E-state index contributed by atoms with van der Waals surface area (Å²) in [6.07, 6.45) is 0. The van der Waals surface area contributed by atoms with Crippen LogP contribution < -0.4 is 5.32 Å². The van der Waals surface area contributed by atoms with Crippen LogP contribution in [-0.2, 0) is 0 Å². The van der Waals surface area contributed by atoms with E-state index in [1.807, 2.05) is 0 Å². The van der Waals surface area contributed by atoms with Crippen LogP contribution >= 0.6 is 34.5 Å². The van der Waals surface area contributed by atoms with Gasteiger partial charge in [0.1, 0.15) is 5.82 Å². The van der Waals surface area contributed by atoms with Crippen LogP contribution in [0.3, 0.4) is 0 Å². The van der Waals surface area contributed by atoms with E-state index in [9.17, 15) is 9.18 Å². The number of thiophene rings is 1. The zero-order valence-electron chi connectivity index (χ0n) is 8.34. The largest absolute Gasteiger partial charge is 0.321 e. The summed E-state index contributed by atoms with van der Waals surface area (Å²) in [6.45, 7) is 0. The topological polar surface area (TPSA) is 29.1 Å². The van der Waals surface area contributed by atoms with Gasteiger partial charge in [0.15, 0.2) is 0 Å². The number of anilines is 1. The Bertz CT molecular complexity index is 570. The van der Waals surface area contributed by atoms with Gasteiger partial charge >= 0.3 is 0 Å². The number of benzene rings is 1. The van der Waals surface area contributed by atoms with Crippen LogP contribution in [-0.4, -0.2) is 5.91 Å². The third-order valence-electron chi connectivity index (χ3n) is 1.97. The van der Waals surface area contributed by atoms with E-state index in [2.05, 4.69) is 5.32 Å². The molecule has 2 aromatic rings. The molecule has 6 heteroatoms. The van der Waals surface area contributed by atoms with Crippen molar-refractivity contribution in [3.05, 3.63) is 50.4 Å². The molecule has 0 aliphatic carbocycles. The van der Waals surface area contributed by atoms with Crippen molar-refractivity contribution in [2.75, 3.05) is 5.32 Å². The van der Waals surface area contributed by atoms with Gasteiger partial charge in [-0.05, 0) is 30.3 Å². The van der Waals surface area contributed by atoms with E-state index in [1.54, 1.807) is 12.1 Å². The van der Waals surface area contributed by atoms with Crippen molar-refractivity contribution >= 4 is 46.1 Å². The minimum atomic E-state index is -0.524. The van der Waals surface area contributed by atoms with E-state index in [4.69, 9.17) is 23.2 Å². The first kappa shape index (κ1) is 12.4. The molecule has 0 saturated carbocycles. The van der Waals surface area contributed by atoms with E-state index in [0.717, 1.165) is 0 Å². The Morgan fingerprint density at radius 1 is 1.24 bits per heavy atom. The summed E-state index contributed by atoms with van der Waals surface area (Å²) in [6, 6.07) is 7.24. The van der Waals surface area contributed by atoms with Crippen molar-refractivity contribution in [3.8, 4) is 0 Å². The van der Waals surface area contributed by atoms with Gasteiger partial charge in [0.25, 0.3) is 5.91 Å². The molecule has 0 bridgehead atoms. The minimum Gasteiger partial charge on any atom is -0.321 e. The lowest BCUT2D eigenvalue weighted by atomic mass is 10.3. The summed E-state index contributed by atoms with van der Waals surface area (Å²) >= 11 is 12.5. The fraction of sp³-hybridized carbons (Fsp3) is 0. The Balaban J connectivity index is 2.15. The molecule has 0 saturated heterocycles. The number of rotatable bonds is 2. The molecule has 0 radical (unpaired) electrons. The molecule has 1 heterocycles. The molecule has 17 heavy (non-hydrogen) atoms. The second-order valence-electron chi connectivity index (χ2n) is 3.19. The Morgan fingerprint density at radius 3 is 2.59 bits per heavy atom. The van der Waals surface area contributed by atoms with Crippen LogP contribution in [0.4, 0.5) is 10.1 Å². The zero-order valence-corrected chi connectivity index (χ0v) is 10.7. The van der Waals surface area contributed by atoms with Crippen molar-refractivity contribution in [2.45, 2.75) is 0 Å². The van der Waals surface area contributed by atoms with Gasteiger partial charge in [-0.2, -0.15) is 0 Å². The quantitative estimate of drug-likeness (QED) is 0.870. The van der Waals surface area contributed by atoms with Gasteiger partial charge in [0, 0.05) is 5.69 Å². The minimum absolute atomic E-state index is 0.0352. The maximum absolute atomic E-state index is 12.9. The van der Waals surface area contributed by atoms with E-state index >= 15 is 0 Å². The standard InChI is InChI=1S/C11H6Cl2FNOS/c12-7-5-6(1-2-8(7)14)15-11(16)9-3-4-10(13)17-9/h1-5H,(H,15,16). The number of hydrogen-bond donors (Lipinski definition) is 1. The van der Waals surface area contributed by atoms with Crippen LogP contribution in [0, 0.1) is 5.82 Å². The highest BCUT2D eigenvalue weighted by molar-refractivity contribution is 7.18. The molecule has 88 valence electrons. The number of carbonyl (C=O) groups is 1. The molecule has 0 fully saturated rings. The fourth-order valence-electron chi connectivity index (χ4n) is 1.20. The number of nitrogens with one attached hydrogen (secondary N) is 1. The molecule has 1 N–H and O–H groups in total. The lowest BCUT2D eigenvalue weighted by Gasteiger charge is -2.04. The predicted octanol–water partition coefficient (Wildman–Crippen LogP) is 4.45. The lowest BCUT2D eigenvalue weighted by Crippen LogP contribution is -2.09. The highest BCUT2D eigenvalue weighted by Gasteiger charge is 2.09. The van der Waals surface area contributed by atoms with E-state index in [-0.39, 0.29) is 10.9 Å². The number of hydrogen-bond acceptors (Lipinski definition) is 2.